The number of aromatic nitrogens is 2. The maximum atomic E-state index is 12.5. The van der Waals surface area contributed by atoms with Crippen LogP contribution in [-0.4, -0.2) is 44.7 Å². The molecule has 0 radical (unpaired) electrons. The third-order valence-electron chi connectivity index (χ3n) is 4.43. The Kier molecular flexibility index (Phi) is 4.76. The molecule has 0 aliphatic carbocycles. The number of aryl methyl sites for hydroxylation is 1. The first-order valence-corrected chi connectivity index (χ1v) is 8.13. The lowest BCUT2D eigenvalue weighted by molar-refractivity contribution is 0.0546. The maximum absolute atomic E-state index is 12.5. The molecule has 6 nitrogen and oxygen atoms in total. The van der Waals surface area contributed by atoms with E-state index in [0.717, 1.165) is 5.56 Å². The van der Waals surface area contributed by atoms with Crippen LogP contribution in [0, 0.1) is 6.92 Å². The highest BCUT2D eigenvalue weighted by Gasteiger charge is 2.22. The van der Waals surface area contributed by atoms with E-state index in [0.29, 0.717) is 43.9 Å². The van der Waals surface area contributed by atoms with E-state index in [1.807, 2.05) is 12.1 Å². The van der Waals surface area contributed by atoms with Crippen LogP contribution < -0.4 is 5.56 Å². The highest BCUT2D eigenvalue weighted by atomic mass is 16.3. The molecule has 2 heterocycles. The van der Waals surface area contributed by atoms with Crippen LogP contribution in [0.4, 0.5) is 0 Å². The Morgan fingerprint density at radius 1 is 1.21 bits per heavy atom. The van der Waals surface area contributed by atoms with Crippen molar-refractivity contribution in [3.63, 3.8) is 0 Å². The molecular formula is C18H21N3O3. The lowest BCUT2D eigenvalue weighted by Crippen LogP contribution is -2.40. The second-order valence-electron chi connectivity index (χ2n) is 6.14. The predicted molar refractivity (Wildman–Crippen MR) is 89.9 cm³/mol. The number of nitrogens with zero attached hydrogens (tertiary/aromatic N) is 3. The molecule has 126 valence electrons. The number of hydrogen-bond acceptors (Lipinski definition) is 4. The smallest absolute Gasteiger partial charge is 0.253 e. The molecule has 0 spiro atoms. The van der Waals surface area contributed by atoms with Crippen LogP contribution in [0.25, 0.3) is 0 Å². The summed E-state index contributed by atoms with van der Waals surface area (Å²) in [5, 5.41) is 9.53. The van der Waals surface area contributed by atoms with Crippen molar-refractivity contribution in [2.24, 2.45) is 0 Å². The van der Waals surface area contributed by atoms with Crippen LogP contribution in [0.1, 0.15) is 34.6 Å². The second kappa shape index (κ2) is 6.97. The Bertz CT molecular complexity index is 775. The summed E-state index contributed by atoms with van der Waals surface area (Å²) >= 11 is 0. The van der Waals surface area contributed by atoms with Crippen molar-refractivity contribution in [2.75, 3.05) is 13.1 Å². The minimum atomic E-state index is -0.294. The molecule has 1 amide bonds. The second-order valence-corrected chi connectivity index (χ2v) is 6.14. The van der Waals surface area contributed by atoms with E-state index in [-0.39, 0.29) is 17.6 Å². The molecule has 1 N–H and O–H groups in total. The summed E-state index contributed by atoms with van der Waals surface area (Å²) in [6.45, 7) is 3.41. The first-order chi connectivity index (χ1) is 11.5. The maximum Gasteiger partial charge on any atom is 0.253 e. The summed E-state index contributed by atoms with van der Waals surface area (Å²) in [4.78, 5) is 30.3. The lowest BCUT2D eigenvalue weighted by atomic mass is 10.1. The highest BCUT2D eigenvalue weighted by Crippen LogP contribution is 2.15. The third-order valence-corrected chi connectivity index (χ3v) is 4.43. The van der Waals surface area contributed by atoms with Crippen LogP contribution in [0.2, 0.25) is 0 Å². The normalized spacial score (nSPS) is 15.5. The van der Waals surface area contributed by atoms with Gasteiger partial charge in [-0.1, -0.05) is 12.1 Å². The first-order valence-electron chi connectivity index (χ1n) is 8.13. The van der Waals surface area contributed by atoms with Crippen molar-refractivity contribution < 1.29 is 9.90 Å². The Hall–Kier alpha value is -2.47. The van der Waals surface area contributed by atoms with Crippen molar-refractivity contribution in [1.29, 1.82) is 0 Å². The van der Waals surface area contributed by atoms with E-state index in [1.165, 1.54) is 12.3 Å². The molecule has 1 aliphatic rings. The van der Waals surface area contributed by atoms with Crippen LogP contribution in [-0.2, 0) is 6.54 Å². The molecule has 0 bridgehead atoms. The van der Waals surface area contributed by atoms with Gasteiger partial charge in [-0.2, -0.15) is 0 Å². The minimum absolute atomic E-state index is 0.0109. The molecule has 3 rings (SSSR count). The molecule has 24 heavy (non-hydrogen) atoms. The van der Waals surface area contributed by atoms with E-state index in [4.69, 9.17) is 0 Å². The van der Waals surface area contributed by atoms with Crippen LogP contribution in [0.5, 0.6) is 0 Å². The van der Waals surface area contributed by atoms with Crippen LogP contribution in [0.3, 0.4) is 0 Å². The third kappa shape index (κ3) is 3.54. The molecule has 0 atom stereocenters. The first kappa shape index (κ1) is 16.4. The molecule has 0 unspecified atom stereocenters. The number of rotatable bonds is 3. The van der Waals surface area contributed by atoms with Gasteiger partial charge in [-0.25, -0.2) is 4.98 Å². The van der Waals surface area contributed by atoms with Crippen molar-refractivity contribution >= 4 is 5.91 Å². The van der Waals surface area contributed by atoms with E-state index in [9.17, 15) is 14.7 Å². The average molecular weight is 327 g/mol. The number of aliphatic hydroxyl groups is 1. The molecule has 2 aromatic rings. The number of benzene rings is 1. The molecule has 1 fully saturated rings. The molecular weight excluding hydrogens is 306 g/mol. The summed E-state index contributed by atoms with van der Waals surface area (Å²) in [7, 11) is 0. The van der Waals surface area contributed by atoms with Crippen LogP contribution >= 0.6 is 0 Å². The fourth-order valence-electron chi connectivity index (χ4n) is 2.91. The van der Waals surface area contributed by atoms with E-state index in [2.05, 4.69) is 4.98 Å². The van der Waals surface area contributed by atoms with Gasteiger partial charge in [0.2, 0.25) is 0 Å². The van der Waals surface area contributed by atoms with Gasteiger partial charge in [0.25, 0.3) is 11.5 Å². The summed E-state index contributed by atoms with van der Waals surface area (Å²) in [5.74, 6) is 0.651. The summed E-state index contributed by atoms with van der Waals surface area (Å²) in [6.07, 6.45) is 2.48. The molecule has 1 aromatic carbocycles. The number of amides is 1. The fraction of sp³-hybridized carbons (Fsp3) is 0.389. The van der Waals surface area contributed by atoms with Crippen molar-refractivity contribution in [3.05, 3.63) is 63.8 Å². The van der Waals surface area contributed by atoms with Gasteiger partial charge in [-0.05, 0) is 37.5 Å². The molecule has 0 saturated carbocycles. The number of aliphatic hydroxyl groups excluding tert-OH is 1. The topological polar surface area (TPSA) is 75.4 Å². The number of carbonyl (C=O) groups excluding carboxylic acids is 1. The van der Waals surface area contributed by atoms with Gasteiger partial charge >= 0.3 is 0 Å². The summed E-state index contributed by atoms with van der Waals surface area (Å²) in [5.41, 5.74) is 1.48. The molecule has 1 saturated heterocycles. The predicted octanol–water partition coefficient (Wildman–Crippen LogP) is 1.20. The zero-order chi connectivity index (χ0) is 17.1. The van der Waals surface area contributed by atoms with Crippen molar-refractivity contribution in [1.82, 2.24) is 14.5 Å². The Morgan fingerprint density at radius 2 is 1.88 bits per heavy atom. The standard InChI is InChI=1S/C18H21N3O3/c1-13-19-9-6-17(23)21(13)12-14-2-4-15(5-3-14)18(24)20-10-7-16(22)8-11-20/h2-6,9,16,22H,7-8,10-12H2,1H3. The van der Waals surface area contributed by atoms with Gasteiger partial charge in [0.15, 0.2) is 0 Å². The Labute approximate surface area is 140 Å². The average Bonchev–Trinajstić information content (AvgIpc) is 2.59. The van der Waals surface area contributed by atoms with Crippen molar-refractivity contribution in [2.45, 2.75) is 32.4 Å². The van der Waals surface area contributed by atoms with Gasteiger partial charge in [0.05, 0.1) is 12.6 Å². The SMILES string of the molecule is Cc1nccc(=O)n1Cc1ccc(C(=O)N2CCC(O)CC2)cc1. The number of piperidine rings is 1. The largest absolute Gasteiger partial charge is 0.393 e. The van der Waals surface area contributed by atoms with E-state index in [1.54, 1.807) is 28.5 Å². The quantitative estimate of drug-likeness (QED) is 0.919. The Balaban J connectivity index is 1.71. The number of likely N-dealkylation sites (tertiary alicyclic amines) is 1. The lowest BCUT2D eigenvalue weighted by Gasteiger charge is -2.29. The zero-order valence-electron chi connectivity index (χ0n) is 13.7. The van der Waals surface area contributed by atoms with Gasteiger partial charge in [-0.15, -0.1) is 0 Å². The van der Waals surface area contributed by atoms with Gasteiger partial charge < -0.3 is 10.0 Å². The van der Waals surface area contributed by atoms with E-state index < -0.39 is 0 Å². The Morgan fingerprint density at radius 3 is 2.50 bits per heavy atom. The van der Waals surface area contributed by atoms with E-state index >= 15 is 0 Å². The fourth-order valence-corrected chi connectivity index (χ4v) is 2.91. The number of hydrogen-bond donors (Lipinski definition) is 1. The monoisotopic (exact) mass is 327 g/mol. The highest BCUT2D eigenvalue weighted by molar-refractivity contribution is 5.94. The zero-order valence-corrected chi connectivity index (χ0v) is 13.7. The van der Waals surface area contributed by atoms with Gasteiger partial charge in [-0.3, -0.25) is 14.2 Å². The summed E-state index contributed by atoms with van der Waals surface area (Å²) < 4.78 is 1.60. The molecule has 1 aromatic heterocycles. The van der Waals surface area contributed by atoms with Gasteiger partial charge in [0, 0.05) is 30.9 Å². The molecule has 1 aliphatic heterocycles. The van der Waals surface area contributed by atoms with Crippen LogP contribution in [0.15, 0.2) is 41.3 Å². The summed E-state index contributed by atoms with van der Waals surface area (Å²) in [6, 6.07) is 8.75. The number of carbonyl (C=O) groups is 1. The minimum Gasteiger partial charge on any atom is -0.393 e. The van der Waals surface area contributed by atoms with Gasteiger partial charge in [0.1, 0.15) is 5.82 Å². The van der Waals surface area contributed by atoms with Crippen molar-refractivity contribution in [3.8, 4) is 0 Å². The molecule has 6 heteroatoms.